The molecule has 0 bridgehead atoms. The van der Waals surface area contributed by atoms with E-state index < -0.39 is 22.4 Å². The fourth-order valence-electron chi connectivity index (χ4n) is 1.13. The maximum atomic E-state index is 12.4. The Labute approximate surface area is 88.3 Å². The zero-order valence-corrected chi connectivity index (χ0v) is 7.78. The van der Waals surface area contributed by atoms with Crippen molar-refractivity contribution in [1.82, 2.24) is 0 Å². The summed E-state index contributed by atoms with van der Waals surface area (Å²) in [5.41, 5.74) is -1.79. The van der Waals surface area contributed by atoms with Crippen LogP contribution in [0.15, 0.2) is 18.2 Å². The van der Waals surface area contributed by atoms with Crippen LogP contribution in [-0.4, -0.2) is 4.92 Å². The Morgan fingerprint density at radius 3 is 2.44 bits per heavy atom. The van der Waals surface area contributed by atoms with Gasteiger partial charge >= 0.3 is 6.18 Å². The van der Waals surface area contributed by atoms with E-state index in [4.69, 9.17) is 6.57 Å². The van der Waals surface area contributed by atoms with Crippen molar-refractivity contribution < 1.29 is 18.1 Å². The predicted molar refractivity (Wildman–Crippen MR) is 48.4 cm³/mol. The first kappa shape index (κ1) is 12.0. The molecule has 7 heteroatoms. The van der Waals surface area contributed by atoms with Gasteiger partial charge in [0.05, 0.1) is 10.5 Å². The lowest BCUT2D eigenvalue weighted by Gasteiger charge is -2.06. The summed E-state index contributed by atoms with van der Waals surface area (Å²) in [6.07, 6.45) is -4.65. The van der Waals surface area contributed by atoms with Crippen LogP contribution in [-0.2, 0) is 12.7 Å². The second-order valence-electron chi connectivity index (χ2n) is 2.96. The molecule has 0 saturated carbocycles. The van der Waals surface area contributed by atoms with E-state index >= 15 is 0 Å². The van der Waals surface area contributed by atoms with Crippen molar-refractivity contribution in [2.45, 2.75) is 12.7 Å². The molecule has 1 aromatic rings. The lowest BCUT2D eigenvalue weighted by atomic mass is 10.1. The van der Waals surface area contributed by atoms with Gasteiger partial charge in [-0.15, -0.1) is 0 Å². The number of rotatable bonds is 2. The summed E-state index contributed by atoms with van der Waals surface area (Å²) in [5.74, 6) is 0. The molecule has 0 radical (unpaired) electrons. The molecule has 0 atom stereocenters. The number of nitro benzene ring substituents is 1. The van der Waals surface area contributed by atoms with Crippen molar-refractivity contribution in [3.05, 3.63) is 50.9 Å². The number of non-ortho nitro benzene ring substituents is 1. The molecule has 0 spiro atoms. The zero-order chi connectivity index (χ0) is 12.3. The molecular weight excluding hydrogens is 225 g/mol. The Bertz CT molecular complexity index is 463. The molecular formula is C9H5F3N2O2. The fourth-order valence-corrected chi connectivity index (χ4v) is 1.13. The fraction of sp³-hybridized carbons (Fsp3) is 0.222. The molecule has 0 unspecified atom stereocenters. The summed E-state index contributed by atoms with van der Waals surface area (Å²) in [6.45, 7) is 6.20. The topological polar surface area (TPSA) is 47.5 Å². The molecule has 84 valence electrons. The second-order valence-corrected chi connectivity index (χ2v) is 2.96. The average Bonchev–Trinajstić information content (AvgIpc) is 2.16. The van der Waals surface area contributed by atoms with Gasteiger partial charge in [0.2, 0.25) is 6.54 Å². The first-order valence-corrected chi connectivity index (χ1v) is 4.03. The van der Waals surface area contributed by atoms with Crippen LogP contribution in [0.1, 0.15) is 11.1 Å². The molecule has 1 rings (SSSR count). The molecule has 16 heavy (non-hydrogen) atoms. The van der Waals surface area contributed by atoms with E-state index in [0.29, 0.717) is 6.07 Å². The third-order valence-corrected chi connectivity index (χ3v) is 1.78. The van der Waals surface area contributed by atoms with Crippen LogP contribution in [0.4, 0.5) is 18.9 Å². The Balaban J connectivity index is 3.31. The largest absolute Gasteiger partial charge is 0.416 e. The van der Waals surface area contributed by atoms with Gasteiger partial charge in [-0.25, -0.2) is 6.57 Å². The number of benzene rings is 1. The van der Waals surface area contributed by atoms with Crippen LogP contribution >= 0.6 is 0 Å². The number of nitrogens with zero attached hydrogens (tertiary/aromatic N) is 2. The first-order valence-electron chi connectivity index (χ1n) is 4.03. The number of nitro groups is 1. The number of hydrogen-bond acceptors (Lipinski definition) is 2. The van der Waals surface area contributed by atoms with Gasteiger partial charge in [-0.1, -0.05) is 0 Å². The second kappa shape index (κ2) is 4.18. The van der Waals surface area contributed by atoms with Crippen molar-refractivity contribution in [3.8, 4) is 0 Å². The first-order chi connectivity index (χ1) is 7.34. The monoisotopic (exact) mass is 230 g/mol. The molecule has 0 heterocycles. The predicted octanol–water partition coefficient (Wildman–Crippen LogP) is 3.03. The van der Waals surface area contributed by atoms with Gasteiger partial charge in [-0.2, -0.15) is 13.2 Å². The molecule has 0 amide bonds. The van der Waals surface area contributed by atoms with Gasteiger partial charge in [0.15, 0.2) is 0 Å². The van der Waals surface area contributed by atoms with E-state index in [-0.39, 0.29) is 12.1 Å². The summed E-state index contributed by atoms with van der Waals surface area (Å²) < 4.78 is 37.1. The lowest BCUT2D eigenvalue weighted by Crippen LogP contribution is -2.06. The molecule has 0 aliphatic carbocycles. The van der Waals surface area contributed by atoms with E-state index in [9.17, 15) is 23.3 Å². The van der Waals surface area contributed by atoms with E-state index in [1.165, 1.54) is 0 Å². The minimum absolute atomic E-state index is 0.0171. The Kier molecular flexibility index (Phi) is 3.13. The molecule has 0 fully saturated rings. The minimum atomic E-state index is -4.65. The van der Waals surface area contributed by atoms with Crippen molar-refractivity contribution in [3.63, 3.8) is 0 Å². The third-order valence-electron chi connectivity index (χ3n) is 1.78. The van der Waals surface area contributed by atoms with Gasteiger partial charge in [0.25, 0.3) is 5.69 Å². The van der Waals surface area contributed by atoms with Crippen LogP contribution in [0.3, 0.4) is 0 Å². The molecule has 1 aromatic carbocycles. The standard InChI is InChI=1S/C9H5F3N2O2/c1-13-5-6-2-7(9(10,11)12)4-8(3-6)14(15)16/h2-4H,5H2. The molecule has 0 aliphatic rings. The van der Waals surface area contributed by atoms with E-state index in [1.807, 2.05) is 0 Å². The summed E-state index contributed by atoms with van der Waals surface area (Å²) in [5, 5.41) is 10.4. The van der Waals surface area contributed by atoms with Gasteiger partial charge in [0.1, 0.15) is 0 Å². The van der Waals surface area contributed by atoms with Crippen LogP contribution in [0, 0.1) is 16.7 Å². The van der Waals surface area contributed by atoms with E-state index in [2.05, 4.69) is 4.85 Å². The Hall–Kier alpha value is -2.10. The van der Waals surface area contributed by atoms with Crippen molar-refractivity contribution >= 4 is 5.69 Å². The maximum Gasteiger partial charge on any atom is 0.416 e. The highest BCUT2D eigenvalue weighted by atomic mass is 19.4. The zero-order valence-electron chi connectivity index (χ0n) is 7.78. The number of hydrogen-bond donors (Lipinski definition) is 0. The maximum absolute atomic E-state index is 12.4. The van der Waals surface area contributed by atoms with Gasteiger partial charge in [0, 0.05) is 17.7 Å². The Morgan fingerprint density at radius 1 is 1.38 bits per heavy atom. The summed E-state index contributed by atoms with van der Waals surface area (Å²) in [4.78, 5) is 12.4. The highest BCUT2D eigenvalue weighted by Crippen LogP contribution is 2.32. The third kappa shape index (κ3) is 2.70. The molecule has 0 saturated heterocycles. The average molecular weight is 230 g/mol. The summed E-state index contributed by atoms with van der Waals surface area (Å²) in [7, 11) is 0. The molecule has 0 aliphatic heterocycles. The highest BCUT2D eigenvalue weighted by Gasteiger charge is 2.32. The molecule has 0 aromatic heterocycles. The van der Waals surface area contributed by atoms with E-state index in [1.54, 1.807) is 0 Å². The highest BCUT2D eigenvalue weighted by molar-refractivity contribution is 5.40. The van der Waals surface area contributed by atoms with Gasteiger partial charge in [-0.3, -0.25) is 10.1 Å². The number of alkyl halides is 3. The SMILES string of the molecule is [C-]#[N+]Cc1cc([N+](=O)[O-])cc(C(F)(F)F)c1. The van der Waals surface area contributed by atoms with Crippen molar-refractivity contribution in [2.24, 2.45) is 0 Å². The van der Waals surface area contributed by atoms with Crippen LogP contribution in [0.2, 0.25) is 0 Å². The summed E-state index contributed by atoms with van der Waals surface area (Å²) >= 11 is 0. The van der Waals surface area contributed by atoms with Gasteiger partial charge < -0.3 is 4.85 Å². The van der Waals surface area contributed by atoms with E-state index in [0.717, 1.165) is 12.1 Å². The Morgan fingerprint density at radius 2 is 2.00 bits per heavy atom. The van der Waals surface area contributed by atoms with Crippen molar-refractivity contribution in [2.75, 3.05) is 0 Å². The molecule has 0 N–H and O–H groups in total. The van der Waals surface area contributed by atoms with Crippen LogP contribution in [0.5, 0.6) is 0 Å². The number of halogens is 3. The minimum Gasteiger partial charge on any atom is -0.312 e. The van der Waals surface area contributed by atoms with Crippen LogP contribution < -0.4 is 0 Å². The van der Waals surface area contributed by atoms with Gasteiger partial charge in [-0.05, 0) is 6.07 Å². The van der Waals surface area contributed by atoms with Crippen molar-refractivity contribution in [1.29, 1.82) is 0 Å². The smallest absolute Gasteiger partial charge is 0.312 e. The quantitative estimate of drug-likeness (QED) is 0.445. The normalized spacial score (nSPS) is 10.9. The summed E-state index contributed by atoms with van der Waals surface area (Å²) in [6, 6.07) is 2.16. The lowest BCUT2D eigenvalue weighted by molar-refractivity contribution is -0.385. The molecule has 4 nitrogen and oxygen atoms in total. The van der Waals surface area contributed by atoms with Crippen LogP contribution in [0.25, 0.3) is 4.85 Å².